The lowest BCUT2D eigenvalue weighted by atomic mass is 10.0. The standard InChI is InChI=1S/C16H17N5O/c22-14-10-13(12-8-4-5-9-17-12)18-16-19-15(20-21(14)16)11-6-2-1-3-7-11/h1-3,6-7,10,12,17H,4-5,8-9H2,(H,18,19,20). The number of H-pyrrole nitrogens is 1. The number of fused-ring (bicyclic) bond motifs is 1. The highest BCUT2D eigenvalue weighted by Crippen LogP contribution is 2.21. The molecule has 22 heavy (non-hydrogen) atoms. The van der Waals surface area contributed by atoms with Gasteiger partial charge in [-0.15, -0.1) is 0 Å². The van der Waals surface area contributed by atoms with Crippen LogP contribution in [0.2, 0.25) is 0 Å². The third kappa shape index (κ3) is 2.31. The van der Waals surface area contributed by atoms with E-state index in [9.17, 15) is 4.79 Å². The van der Waals surface area contributed by atoms with E-state index in [0.717, 1.165) is 30.6 Å². The van der Waals surface area contributed by atoms with Crippen LogP contribution in [0, 0.1) is 0 Å². The molecule has 6 nitrogen and oxygen atoms in total. The summed E-state index contributed by atoms with van der Waals surface area (Å²) in [7, 11) is 0. The van der Waals surface area contributed by atoms with Gasteiger partial charge in [0.1, 0.15) is 0 Å². The highest BCUT2D eigenvalue weighted by Gasteiger charge is 2.18. The van der Waals surface area contributed by atoms with Crippen LogP contribution in [0.3, 0.4) is 0 Å². The Morgan fingerprint density at radius 1 is 1.14 bits per heavy atom. The van der Waals surface area contributed by atoms with Crippen molar-refractivity contribution in [2.24, 2.45) is 0 Å². The zero-order valence-corrected chi connectivity index (χ0v) is 12.1. The van der Waals surface area contributed by atoms with Gasteiger partial charge in [-0.1, -0.05) is 36.8 Å². The summed E-state index contributed by atoms with van der Waals surface area (Å²) in [6, 6.07) is 11.5. The molecule has 1 fully saturated rings. The van der Waals surface area contributed by atoms with Crippen LogP contribution in [0.25, 0.3) is 17.2 Å². The molecule has 3 aromatic rings. The first kappa shape index (κ1) is 13.2. The van der Waals surface area contributed by atoms with Gasteiger partial charge in [-0.2, -0.15) is 9.50 Å². The van der Waals surface area contributed by atoms with Gasteiger partial charge in [-0.25, -0.2) is 4.98 Å². The molecule has 1 atom stereocenters. The predicted octanol–water partition coefficient (Wildman–Crippen LogP) is 1.90. The smallest absolute Gasteiger partial charge is 0.274 e. The zero-order valence-electron chi connectivity index (χ0n) is 12.1. The van der Waals surface area contributed by atoms with Gasteiger partial charge < -0.3 is 5.32 Å². The lowest BCUT2D eigenvalue weighted by Crippen LogP contribution is -2.29. The van der Waals surface area contributed by atoms with Crippen LogP contribution in [-0.4, -0.2) is 26.1 Å². The molecule has 6 heteroatoms. The fourth-order valence-electron chi connectivity index (χ4n) is 2.91. The van der Waals surface area contributed by atoms with E-state index in [-0.39, 0.29) is 11.6 Å². The third-order valence-corrected chi connectivity index (χ3v) is 4.06. The maximum atomic E-state index is 12.3. The van der Waals surface area contributed by atoms with Gasteiger partial charge in [0.05, 0.1) is 5.69 Å². The molecule has 0 spiro atoms. The minimum absolute atomic E-state index is 0.123. The Labute approximate surface area is 127 Å². The first-order valence-corrected chi connectivity index (χ1v) is 7.60. The average Bonchev–Trinajstić information content (AvgIpc) is 3.01. The van der Waals surface area contributed by atoms with E-state index in [1.54, 1.807) is 6.07 Å². The number of hydrogen-bond acceptors (Lipinski definition) is 4. The normalized spacial score (nSPS) is 18.6. The summed E-state index contributed by atoms with van der Waals surface area (Å²) in [5, 5.41) is 6.44. The predicted molar refractivity (Wildman–Crippen MR) is 83.6 cm³/mol. The summed E-state index contributed by atoms with van der Waals surface area (Å²) in [5.74, 6) is 1.08. The molecule has 4 rings (SSSR count). The molecule has 2 aromatic heterocycles. The summed E-state index contributed by atoms with van der Waals surface area (Å²) in [6.07, 6.45) is 3.35. The number of nitrogens with zero attached hydrogens (tertiary/aromatic N) is 3. The summed E-state index contributed by atoms with van der Waals surface area (Å²) >= 11 is 0. The summed E-state index contributed by atoms with van der Waals surface area (Å²) in [5.41, 5.74) is 1.60. The number of hydrogen-bond donors (Lipinski definition) is 2. The van der Waals surface area contributed by atoms with Crippen molar-refractivity contribution < 1.29 is 0 Å². The minimum atomic E-state index is -0.123. The van der Waals surface area contributed by atoms with E-state index >= 15 is 0 Å². The molecule has 0 bridgehead atoms. The van der Waals surface area contributed by atoms with Crippen LogP contribution in [0.15, 0.2) is 41.2 Å². The molecule has 0 amide bonds. The van der Waals surface area contributed by atoms with Gasteiger partial charge >= 0.3 is 0 Å². The number of aromatic nitrogens is 4. The van der Waals surface area contributed by atoms with Gasteiger partial charge in [-0.05, 0) is 19.4 Å². The number of nitrogens with one attached hydrogen (secondary N) is 2. The molecule has 3 heterocycles. The first-order valence-electron chi connectivity index (χ1n) is 7.60. The van der Waals surface area contributed by atoms with Crippen LogP contribution in [-0.2, 0) is 0 Å². The van der Waals surface area contributed by atoms with Crippen LogP contribution in [0.5, 0.6) is 0 Å². The summed E-state index contributed by atoms with van der Waals surface area (Å²) < 4.78 is 1.40. The molecule has 0 saturated carbocycles. The molecular formula is C16H17N5O. The second kappa shape index (κ2) is 5.38. The zero-order chi connectivity index (χ0) is 14.9. The Hall–Kier alpha value is -2.47. The molecule has 1 aliphatic heterocycles. The lowest BCUT2D eigenvalue weighted by molar-refractivity contribution is 0.405. The molecule has 1 aromatic carbocycles. The van der Waals surface area contributed by atoms with E-state index in [0.29, 0.717) is 11.6 Å². The largest absolute Gasteiger partial charge is 0.309 e. The average molecular weight is 295 g/mol. The van der Waals surface area contributed by atoms with Crippen molar-refractivity contribution in [3.63, 3.8) is 0 Å². The van der Waals surface area contributed by atoms with Gasteiger partial charge in [0, 0.05) is 17.7 Å². The van der Waals surface area contributed by atoms with Crippen LogP contribution >= 0.6 is 0 Å². The molecule has 2 N–H and O–H groups in total. The minimum Gasteiger partial charge on any atom is -0.309 e. The van der Waals surface area contributed by atoms with Gasteiger partial charge in [-0.3, -0.25) is 9.89 Å². The number of rotatable bonds is 2. The van der Waals surface area contributed by atoms with Crippen molar-refractivity contribution in [1.82, 2.24) is 24.9 Å². The van der Waals surface area contributed by atoms with E-state index in [2.05, 4.69) is 20.4 Å². The Morgan fingerprint density at radius 3 is 2.77 bits per heavy atom. The Bertz CT molecular complexity index is 846. The molecule has 1 unspecified atom stereocenters. The Balaban J connectivity index is 1.79. The number of piperidine rings is 1. The van der Waals surface area contributed by atoms with E-state index in [1.165, 1.54) is 10.9 Å². The van der Waals surface area contributed by atoms with Crippen LogP contribution in [0.4, 0.5) is 0 Å². The van der Waals surface area contributed by atoms with Crippen molar-refractivity contribution in [2.45, 2.75) is 25.3 Å². The molecule has 0 aliphatic carbocycles. The summed E-state index contributed by atoms with van der Waals surface area (Å²) in [4.78, 5) is 21.3. The van der Waals surface area contributed by atoms with Gasteiger partial charge in [0.15, 0.2) is 5.82 Å². The fraction of sp³-hybridized carbons (Fsp3) is 0.312. The molecular weight excluding hydrogens is 278 g/mol. The Kier molecular flexibility index (Phi) is 3.23. The highest BCUT2D eigenvalue weighted by atomic mass is 16.1. The van der Waals surface area contributed by atoms with E-state index in [4.69, 9.17) is 0 Å². The lowest BCUT2D eigenvalue weighted by Gasteiger charge is -2.22. The molecule has 112 valence electrons. The topological polar surface area (TPSA) is 75.1 Å². The second-order valence-corrected chi connectivity index (χ2v) is 5.60. The van der Waals surface area contributed by atoms with Gasteiger partial charge in [0.2, 0.25) is 0 Å². The van der Waals surface area contributed by atoms with Crippen LogP contribution in [0.1, 0.15) is 31.0 Å². The van der Waals surface area contributed by atoms with Crippen molar-refractivity contribution in [3.05, 3.63) is 52.4 Å². The van der Waals surface area contributed by atoms with E-state index in [1.807, 2.05) is 30.3 Å². The van der Waals surface area contributed by atoms with Gasteiger partial charge in [0.25, 0.3) is 11.3 Å². The SMILES string of the molecule is O=c1cc(C2CCCCN2)nc2nc(-c3ccccc3)[nH]n12. The van der Waals surface area contributed by atoms with Crippen molar-refractivity contribution in [1.29, 1.82) is 0 Å². The molecule has 1 aliphatic rings. The Morgan fingerprint density at radius 2 is 2.00 bits per heavy atom. The fourth-order valence-corrected chi connectivity index (χ4v) is 2.91. The van der Waals surface area contributed by atoms with Crippen molar-refractivity contribution in [3.8, 4) is 11.4 Å². The van der Waals surface area contributed by atoms with E-state index < -0.39 is 0 Å². The number of benzene rings is 1. The summed E-state index contributed by atoms with van der Waals surface area (Å²) in [6.45, 7) is 0.974. The quantitative estimate of drug-likeness (QED) is 0.757. The highest BCUT2D eigenvalue weighted by molar-refractivity contribution is 5.56. The van der Waals surface area contributed by atoms with Crippen molar-refractivity contribution >= 4 is 5.78 Å². The number of aromatic amines is 1. The third-order valence-electron chi connectivity index (χ3n) is 4.06. The van der Waals surface area contributed by atoms with Crippen LogP contribution < -0.4 is 10.9 Å². The maximum absolute atomic E-state index is 12.3. The second-order valence-electron chi connectivity index (χ2n) is 5.60. The molecule has 0 radical (unpaired) electrons. The maximum Gasteiger partial charge on any atom is 0.274 e. The monoisotopic (exact) mass is 295 g/mol. The van der Waals surface area contributed by atoms with Crippen molar-refractivity contribution in [2.75, 3.05) is 6.54 Å². The first-order chi connectivity index (χ1) is 10.8. The molecule has 1 saturated heterocycles.